The summed E-state index contributed by atoms with van der Waals surface area (Å²) in [5.74, 6) is -0.796. The van der Waals surface area contributed by atoms with E-state index >= 15 is 0 Å². The minimum Gasteiger partial charge on any atom is -0.506 e. The first kappa shape index (κ1) is 18.6. The minimum atomic E-state index is -0.793. The highest BCUT2D eigenvalue weighted by atomic mass is 79.9. The molecule has 5 nitrogen and oxygen atoms in total. The van der Waals surface area contributed by atoms with Crippen LogP contribution < -0.4 is 5.63 Å². The molecule has 4 aromatic rings. The molecule has 0 aliphatic rings. The van der Waals surface area contributed by atoms with Gasteiger partial charge in [-0.15, -0.1) is 0 Å². The van der Waals surface area contributed by atoms with Crippen molar-refractivity contribution in [2.75, 3.05) is 7.11 Å². The van der Waals surface area contributed by atoms with Crippen molar-refractivity contribution in [2.45, 2.75) is 9.79 Å². The molecule has 0 aliphatic heterocycles. The summed E-state index contributed by atoms with van der Waals surface area (Å²) in [6.07, 6.45) is 0. The lowest BCUT2D eigenvalue weighted by molar-refractivity contribution is 0.0596. The average molecular weight is 457 g/mol. The Kier molecular flexibility index (Phi) is 4.87. The quantitative estimate of drug-likeness (QED) is 0.330. The van der Waals surface area contributed by atoms with E-state index in [1.165, 1.54) is 31.0 Å². The molecule has 0 radical (unpaired) electrons. The molecule has 0 atom stereocenters. The molecule has 0 spiro atoms. The lowest BCUT2D eigenvalue weighted by Gasteiger charge is -2.11. The molecule has 1 heterocycles. The zero-order chi connectivity index (χ0) is 19.8. The summed E-state index contributed by atoms with van der Waals surface area (Å²) in [7, 11) is 1.19. The monoisotopic (exact) mass is 456 g/mol. The highest BCUT2D eigenvalue weighted by Crippen LogP contribution is 2.44. The fraction of sp³-hybridized carbons (Fsp3) is 0.0476. The number of hydrogen-bond acceptors (Lipinski definition) is 6. The number of carbonyl (C=O) groups excluding carboxylic acids is 1. The van der Waals surface area contributed by atoms with Crippen LogP contribution >= 0.6 is 27.7 Å². The Morgan fingerprint density at radius 2 is 1.86 bits per heavy atom. The summed E-state index contributed by atoms with van der Waals surface area (Å²) in [4.78, 5) is 25.3. The Balaban J connectivity index is 1.91. The van der Waals surface area contributed by atoms with Gasteiger partial charge < -0.3 is 14.3 Å². The lowest BCUT2D eigenvalue weighted by Crippen LogP contribution is -2.15. The number of aromatic hydroxyl groups is 1. The molecule has 7 heteroatoms. The zero-order valence-electron chi connectivity index (χ0n) is 14.6. The molecule has 4 rings (SSSR count). The molecule has 0 amide bonds. The summed E-state index contributed by atoms with van der Waals surface area (Å²) >= 11 is 4.60. The van der Waals surface area contributed by atoms with Crippen LogP contribution in [0.3, 0.4) is 0 Å². The van der Waals surface area contributed by atoms with E-state index in [0.29, 0.717) is 14.8 Å². The Morgan fingerprint density at radius 1 is 1.11 bits per heavy atom. The number of rotatable bonds is 3. The number of esters is 1. The van der Waals surface area contributed by atoms with Crippen molar-refractivity contribution in [3.63, 3.8) is 0 Å². The van der Waals surface area contributed by atoms with Gasteiger partial charge in [-0.3, -0.25) is 0 Å². The maximum absolute atomic E-state index is 12.1. The number of hydrogen-bond donors (Lipinski definition) is 1. The number of methoxy groups -OCH3 is 1. The molecular weight excluding hydrogens is 444 g/mol. The van der Waals surface area contributed by atoms with E-state index in [4.69, 9.17) is 4.42 Å². The Labute approximate surface area is 172 Å². The van der Waals surface area contributed by atoms with E-state index in [0.717, 1.165) is 15.7 Å². The summed E-state index contributed by atoms with van der Waals surface area (Å²) in [5, 5.41) is 13.2. The van der Waals surface area contributed by atoms with Crippen molar-refractivity contribution in [3.05, 3.63) is 75.1 Å². The van der Waals surface area contributed by atoms with Crippen molar-refractivity contribution in [1.82, 2.24) is 0 Å². The predicted octanol–water partition coefficient (Wildman–Crippen LogP) is 5.35. The van der Waals surface area contributed by atoms with Crippen LogP contribution in [0, 0.1) is 0 Å². The molecule has 0 aliphatic carbocycles. The molecular formula is C21H13BrO5S. The average Bonchev–Trinajstić information content (AvgIpc) is 2.70. The van der Waals surface area contributed by atoms with E-state index in [2.05, 4.69) is 20.7 Å². The number of ether oxygens (including phenoxy) is 1. The second-order valence-corrected chi connectivity index (χ2v) is 7.94. The third-order valence-electron chi connectivity index (χ3n) is 4.27. The number of phenols is 1. The van der Waals surface area contributed by atoms with Crippen molar-refractivity contribution in [3.8, 4) is 5.75 Å². The predicted molar refractivity (Wildman–Crippen MR) is 111 cm³/mol. The molecule has 0 unspecified atom stereocenters. The van der Waals surface area contributed by atoms with Gasteiger partial charge in [0.1, 0.15) is 16.9 Å². The van der Waals surface area contributed by atoms with Crippen LogP contribution in [0.5, 0.6) is 5.75 Å². The standard InChI is InChI=1S/C21H13BrO5S/c1-26-20(24)15-9-14-17(27-21(15)25)10-16(22)18(23)19(14)28-13-7-6-11-4-2-3-5-12(11)8-13/h2-10,23H,1H3. The van der Waals surface area contributed by atoms with E-state index < -0.39 is 11.6 Å². The molecule has 1 N–H and O–H groups in total. The van der Waals surface area contributed by atoms with Gasteiger partial charge in [0, 0.05) is 10.3 Å². The Bertz CT molecular complexity index is 1300. The van der Waals surface area contributed by atoms with Crippen LogP contribution in [0.1, 0.15) is 10.4 Å². The van der Waals surface area contributed by atoms with Gasteiger partial charge in [-0.25, -0.2) is 9.59 Å². The lowest BCUT2D eigenvalue weighted by atomic mass is 10.1. The summed E-state index contributed by atoms with van der Waals surface area (Å²) in [6.45, 7) is 0. The summed E-state index contributed by atoms with van der Waals surface area (Å²) in [5.41, 5.74) is -0.763. The second-order valence-electron chi connectivity index (χ2n) is 6.00. The van der Waals surface area contributed by atoms with E-state index in [9.17, 15) is 14.7 Å². The van der Waals surface area contributed by atoms with Crippen molar-refractivity contribution in [1.29, 1.82) is 0 Å². The highest BCUT2D eigenvalue weighted by molar-refractivity contribution is 9.10. The smallest absolute Gasteiger partial charge is 0.351 e. The van der Waals surface area contributed by atoms with Gasteiger partial charge in [0.05, 0.1) is 16.5 Å². The molecule has 0 fully saturated rings. The molecule has 0 bridgehead atoms. The van der Waals surface area contributed by atoms with Gasteiger partial charge in [0.15, 0.2) is 0 Å². The highest BCUT2D eigenvalue weighted by Gasteiger charge is 2.20. The number of halogens is 1. The topological polar surface area (TPSA) is 76.7 Å². The van der Waals surface area contributed by atoms with Crippen molar-refractivity contribution in [2.24, 2.45) is 0 Å². The fourth-order valence-corrected chi connectivity index (χ4v) is 4.46. The van der Waals surface area contributed by atoms with E-state index in [1.54, 1.807) is 0 Å². The Hall–Kier alpha value is -2.77. The largest absolute Gasteiger partial charge is 0.506 e. The van der Waals surface area contributed by atoms with Gasteiger partial charge >= 0.3 is 11.6 Å². The van der Waals surface area contributed by atoms with Gasteiger partial charge in [-0.05, 0) is 51.0 Å². The maximum Gasteiger partial charge on any atom is 0.351 e. The molecule has 1 aromatic heterocycles. The van der Waals surface area contributed by atoms with Crippen LogP contribution in [0.2, 0.25) is 0 Å². The third-order valence-corrected chi connectivity index (χ3v) is 5.98. The summed E-state index contributed by atoms with van der Waals surface area (Å²) < 4.78 is 10.3. The van der Waals surface area contributed by atoms with E-state index in [1.807, 2.05) is 42.5 Å². The number of phenolic OH excluding ortho intramolecular Hbond substituents is 1. The van der Waals surface area contributed by atoms with E-state index in [-0.39, 0.29) is 16.9 Å². The summed E-state index contributed by atoms with van der Waals surface area (Å²) in [6, 6.07) is 16.8. The van der Waals surface area contributed by atoms with Gasteiger partial charge in [-0.2, -0.15) is 0 Å². The number of carbonyl (C=O) groups is 1. The van der Waals surface area contributed by atoms with Crippen LogP contribution in [-0.2, 0) is 4.74 Å². The van der Waals surface area contributed by atoms with Crippen LogP contribution in [0.4, 0.5) is 0 Å². The molecule has 0 saturated carbocycles. The third kappa shape index (κ3) is 3.27. The second kappa shape index (κ2) is 7.33. The molecule has 140 valence electrons. The van der Waals surface area contributed by atoms with Gasteiger partial charge in [0.25, 0.3) is 0 Å². The van der Waals surface area contributed by atoms with Crippen LogP contribution in [0.15, 0.2) is 78.1 Å². The van der Waals surface area contributed by atoms with Crippen molar-refractivity contribution >= 4 is 55.4 Å². The first-order chi connectivity index (χ1) is 13.5. The number of benzene rings is 3. The van der Waals surface area contributed by atoms with Gasteiger partial charge in [-0.1, -0.05) is 42.1 Å². The first-order valence-electron chi connectivity index (χ1n) is 8.22. The first-order valence-corrected chi connectivity index (χ1v) is 9.83. The fourth-order valence-electron chi connectivity index (χ4n) is 2.89. The van der Waals surface area contributed by atoms with Crippen LogP contribution in [-0.4, -0.2) is 18.2 Å². The van der Waals surface area contributed by atoms with Crippen molar-refractivity contribution < 1.29 is 19.1 Å². The molecule has 28 heavy (non-hydrogen) atoms. The maximum atomic E-state index is 12.1. The zero-order valence-corrected chi connectivity index (χ0v) is 17.0. The Morgan fingerprint density at radius 3 is 2.61 bits per heavy atom. The normalized spacial score (nSPS) is 11.1. The SMILES string of the molecule is COC(=O)c1cc2c(Sc3ccc4ccccc4c3)c(O)c(Br)cc2oc1=O. The van der Waals surface area contributed by atoms with Crippen LogP contribution in [0.25, 0.3) is 21.7 Å². The van der Waals surface area contributed by atoms with Gasteiger partial charge in [0.2, 0.25) is 0 Å². The number of fused-ring (bicyclic) bond motifs is 2. The molecule has 0 saturated heterocycles. The minimum absolute atomic E-state index is 0.00433. The molecule has 3 aromatic carbocycles.